The van der Waals surface area contributed by atoms with Gasteiger partial charge in [0.2, 0.25) is 0 Å². The van der Waals surface area contributed by atoms with Crippen molar-refractivity contribution < 1.29 is 23.8 Å². The van der Waals surface area contributed by atoms with Gasteiger partial charge in [-0.3, -0.25) is 4.79 Å². The van der Waals surface area contributed by atoms with Crippen LogP contribution < -0.4 is 19.6 Å². The van der Waals surface area contributed by atoms with Crippen molar-refractivity contribution in [3.8, 4) is 17.2 Å². The topological polar surface area (TPSA) is 86.2 Å². The van der Waals surface area contributed by atoms with Crippen molar-refractivity contribution in [2.24, 2.45) is 5.10 Å². The Morgan fingerprint density at radius 1 is 0.871 bits per heavy atom. The molecule has 8 heteroatoms. The van der Waals surface area contributed by atoms with E-state index in [4.69, 9.17) is 14.2 Å². The van der Waals surface area contributed by atoms with Crippen molar-refractivity contribution >= 4 is 34.0 Å². The minimum atomic E-state index is -0.526. The summed E-state index contributed by atoms with van der Waals surface area (Å²) in [6.07, 6.45) is 1.41. The molecule has 0 heterocycles. The van der Waals surface area contributed by atoms with E-state index in [-0.39, 0.29) is 5.91 Å². The second kappa shape index (κ2) is 10.4. The van der Waals surface area contributed by atoms with Gasteiger partial charge < -0.3 is 14.2 Å². The highest BCUT2D eigenvalue weighted by Crippen LogP contribution is 2.23. The Balaban J connectivity index is 1.71. The van der Waals surface area contributed by atoms with Gasteiger partial charge in [0.05, 0.1) is 26.0 Å². The fraction of sp³-hybridized carbons (Fsp3) is 0.0870. The summed E-state index contributed by atoms with van der Waals surface area (Å²) in [7, 11) is 3.10. The van der Waals surface area contributed by atoms with Crippen molar-refractivity contribution in [2.45, 2.75) is 0 Å². The molecule has 31 heavy (non-hydrogen) atoms. The molecule has 0 saturated heterocycles. The summed E-state index contributed by atoms with van der Waals surface area (Å²) in [4.78, 5) is 24.7. The first kappa shape index (κ1) is 22.0. The van der Waals surface area contributed by atoms with E-state index < -0.39 is 5.97 Å². The number of hydrogen-bond donors (Lipinski definition) is 1. The van der Waals surface area contributed by atoms with E-state index in [1.807, 2.05) is 0 Å². The molecule has 0 bridgehead atoms. The highest BCUT2D eigenvalue weighted by atomic mass is 79.9. The highest BCUT2D eigenvalue weighted by molar-refractivity contribution is 9.10. The molecule has 158 valence electrons. The van der Waals surface area contributed by atoms with Gasteiger partial charge >= 0.3 is 5.97 Å². The first-order valence-electron chi connectivity index (χ1n) is 9.13. The number of esters is 1. The number of carbonyl (C=O) groups is 2. The van der Waals surface area contributed by atoms with E-state index in [1.165, 1.54) is 6.21 Å². The van der Waals surface area contributed by atoms with Crippen molar-refractivity contribution in [3.05, 3.63) is 87.9 Å². The number of hydrogen-bond acceptors (Lipinski definition) is 6. The molecule has 0 aromatic heterocycles. The maximum atomic E-state index is 12.5. The van der Waals surface area contributed by atoms with Crippen LogP contribution >= 0.6 is 15.9 Å². The minimum Gasteiger partial charge on any atom is -0.497 e. The van der Waals surface area contributed by atoms with Gasteiger partial charge in [-0.25, -0.2) is 10.2 Å². The van der Waals surface area contributed by atoms with Gasteiger partial charge in [0.15, 0.2) is 0 Å². The first-order chi connectivity index (χ1) is 15.0. The quantitative estimate of drug-likeness (QED) is 0.232. The van der Waals surface area contributed by atoms with Crippen molar-refractivity contribution in [2.75, 3.05) is 14.2 Å². The monoisotopic (exact) mass is 482 g/mol. The standard InChI is InChI=1S/C23H19BrN2O5/c1-29-19-8-3-15(4-9-19)22(27)26-25-14-17-13-18(24)7-12-21(17)31-23(28)16-5-10-20(30-2)11-6-16/h3-14H,1-2H3,(H,26,27)/b25-14+. The molecule has 3 aromatic rings. The summed E-state index contributed by atoms with van der Waals surface area (Å²) >= 11 is 3.38. The number of carbonyl (C=O) groups excluding carboxylic acids is 2. The molecule has 0 aliphatic carbocycles. The first-order valence-corrected chi connectivity index (χ1v) is 9.92. The predicted octanol–water partition coefficient (Wildman–Crippen LogP) is 4.45. The minimum absolute atomic E-state index is 0.298. The molecule has 0 saturated carbocycles. The summed E-state index contributed by atoms with van der Waals surface area (Å²) in [5.41, 5.74) is 3.76. The fourth-order valence-corrected chi connectivity index (χ4v) is 2.95. The van der Waals surface area contributed by atoms with E-state index in [1.54, 1.807) is 80.9 Å². The zero-order valence-corrected chi connectivity index (χ0v) is 18.4. The van der Waals surface area contributed by atoms with Crippen molar-refractivity contribution in [3.63, 3.8) is 0 Å². The van der Waals surface area contributed by atoms with Gasteiger partial charge in [0.25, 0.3) is 5.91 Å². The Labute approximate surface area is 187 Å². The number of amides is 1. The van der Waals surface area contributed by atoms with Crippen LogP contribution in [0.2, 0.25) is 0 Å². The molecule has 0 radical (unpaired) electrons. The van der Waals surface area contributed by atoms with E-state index in [2.05, 4.69) is 26.5 Å². The summed E-state index contributed by atoms with van der Waals surface area (Å²) in [6.45, 7) is 0. The summed E-state index contributed by atoms with van der Waals surface area (Å²) in [5, 5.41) is 3.98. The van der Waals surface area contributed by atoms with Crippen LogP contribution in [0.4, 0.5) is 0 Å². The molecule has 1 amide bonds. The van der Waals surface area contributed by atoms with Crippen LogP contribution in [0.1, 0.15) is 26.3 Å². The molecular weight excluding hydrogens is 464 g/mol. The number of nitrogens with zero attached hydrogens (tertiary/aromatic N) is 1. The summed E-state index contributed by atoms with van der Waals surface area (Å²) in [6, 6.07) is 18.3. The largest absolute Gasteiger partial charge is 0.497 e. The second-order valence-electron chi connectivity index (χ2n) is 6.23. The van der Waals surface area contributed by atoms with Crippen molar-refractivity contribution in [1.82, 2.24) is 5.43 Å². The lowest BCUT2D eigenvalue weighted by atomic mass is 10.2. The highest BCUT2D eigenvalue weighted by Gasteiger charge is 2.12. The van der Waals surface area contributed by atoms with Gasteiger partial charge in [-0.15, -0.1) is 0 Å². The number of nitrogens with one attached hydrogen (secondary N) is 1. The van der Waals surface area contributed by atoms with E-state index in [0.29, 0.717) is 33.9 Å². The van der Waals surface area contributed by atoms with Crippen LogP contribution in [0.3, 0.4) is 0 Å². The van der Waals surface area contributed by atoms with Crippen LogP contribution in [0.15, 0.2) is 76.3 Å². The zero-order chi connectivity index (χ0) is 22.2. The smallest absolute Gasteiger partial charge is 0.343 e. The second-order valence-corrected chi connectivity index (χ2v) is 7.14. The lowest BCUT2D eigenvalue weighted by Gasteiger charge is -2.08. The Morgan fingerprint density at radius 3 is 2.03 bits per heavy atom. The molecule has 3 rings (SSSR count). The fourth-order valence-electron chi connectivity index (χ4n) is 2.57. The predicted molar refractivity (Wildman–Crippen MR) is 120 cm³/mol. The normalized spacial score (nSPS) is 10.5. The third-order valence-corrected chi connectivity index (χ3v) is 4.72. The maximum Gasteiger partial charge on any atom is 0.343 e. The van der Waals surface area contributed by atoms with Crippen LogP contribution in [0.5, 0.6) is 17.2 Å². The van der Waals surface area contributed by atoms with Gasteiger partial charge in [-0.05, 0) is 66.7 Å². The lowest BCUT2D eigenvalue weighted by molar-refractivity contribution is 0.0734. The Kier molecular flexibility index (Phi) is 7.40. The van der Waals surface area contributed by atoms with Crippen LogP contribution in [0.25, 0.3) is 0 Å². The molecule has 0 spiro atoms. The number of methoxy groups -OCH3 is 2. The molecule has 0 fully saturated rings. The lowest BCUT2D eigenvalue weighted by Crippen LogP contribution is -2.17. The van der Waals surface area contributed by atoms with Crippen LogP contribution in [-0.2, 0) is 0 Å². The molecular formula is C23H19BrN2O5. The van der Waals surface area contributed by atoms with Crippen LogP contribution in [0, 0.1) is 0 Å². The number of hydrazone groups is 1. The average Bonchev–Trinajstić information content (AvgIpc) is 2.80. The molecule has 0 aliphatic rings. The maximum absolute atomic E-state index is 12.5. The zero-order valence-electron chi connectivity index (χ0n) is 16.8. The molecule has 0 unspecified atom stereocenters. The SMILES string of the molecule is COc1ccc(C(=O)N/N=C/c2cc(Br)ccc2OC(=O)c2ccc(OC)cc2)cc1. The molecule has 7 nitrogen and oxygen atoms in total. The van der Waals surface area contributed by atoms with Gasteiger partial charge in [-0.1, -0.05) is 15.9 Å². The molecule has 0 aliphatic heterocycles. The van der Waals surface area contributed by atoms with E-state index >= 15 is 0 Å². The van der Waals surface area contributed by atoms with Gasteiger partial charge in [0.1, 0.15) is 17.2 Å². The number of benzene rings is 3. The van der Waals surface area contributed by atoms with Gasteiger partial charge in [-0.2, -0.15) is 5.10 Å². The van der Waals surface area contributed by atoms with Gasteiger partial charge in [0, 0.05) is 15.6 Å². The Hall–Kier alpha value is -3.65. The molecule has 0 atom stereocenters. The third kappa shape index (κ3) is 5.93. The average molecular weight is 483 g/mol. The Morgan fingerprint density at radius 2 is 1.45 bits per heavy atom. The van der Waals surface area contributed by atoms with Crippen molar-refractivity contribution in [1.29, 1.82) is 0 Å². The number of ether oxygens (including phenoxy) is 3. The molecule has 3 aromatic carbocycles. The van der Waals surface area contributed by atoms with Crippen LogP contribution in [-0.4, -0.2) is 32.3 Å². The third-order valence-electron chi connectivity index (χ3n) is 4.22. The summed E-state index contributed by atoms with van der Waals surface area (Å²) < 4.78 is 16.4. The Bertz CT molecular complexity index is 1100. The van der Waals surface area contributed by atoms with E-state index in [0.717, 1.165) is 4.47 Å². The number of rotatable bonds is 7. The number of halogens is 1. The van der Waals surface area contributed by atoms with E-state index in [9.17, 15) is 9.59 Å². The molecule has 1 N–H and O–H groups in total. The summed E-state index contributed by atoms with van der Waals surface area (Å²) in [5.74, 6) is 0.678.